The zero-order valence-corrected chi connectivity index (χ0v) is 17.1. The first kappa shape index (κ1) is 18.9. The van der Waals surface area contributed by atoms with Crippen LogP contribution < -0.4 is 10.3 Å². The smallest absolute Gasteiger partial charge is 0.221 e. The number of furan rings is 1. The van der Waals surface area contributed by atoms with Crippen LogP contribution in [0.2, 0.25) is 0 Å². The maximum Gasteiger partial charge on any atom is 0.221 e. The lowest BCUT2D eigenvalue weighted by Crippen LogP contribution is -2.44. The summed E-state index contributed by atoms with van der Waals surface area (Å²) in [7, 11) is 2.15. The Morgan fingerprint density at radius 3 is 2.63 bits per heavy atom. The summed E-state index contributed by atoms with van der Waals surface area (Å²) >= 11 is 0. The molecule has 30 heavy (non-hydrogen) atoms. The Morgan fingerprint density at radius 2 is 1.93 bits per heavy atom. The second-order valence-electron chi connectivity index (χ2n) is 8.22. The monoisotopic (exact) mass is 403 g/mol. The van der Waals surface area contributed by atoms with Gasteiger partial charge in [0.2, 0.25) is 5.78 Å². The molecule has 6 heteroatoms. The van der Waals surface area contributed by atoms with Gasteiger partial charge in [-0.2, -0.15) is 0 Å². The van der Waals surface area contributed by atoms with Crippen molar-refractivity contribution in [3.8, 4) is 0 Å². The molecular formula is C24H25N3O3. The van der Waals surface area contributed by atoms with Crippen LogP contribution in [0, 0.1) is 0 Å². The van der Waals surface area contributed by atoms with Crippen molar-refractivity contribution in [3.05, 3.63) is 70.4 Å². The summed E-state index contributed by atoms with van der Waals surface area (Å²) in [6.07, 6.45) is 8.63. The predicted octanol–water partition coefficient (Wildman–Crippen LogP) is 3.58. The second-order valence-corrected chi connectivity index (χ2v) is 8.22. The molecule has 0 N–H and O–H groups in total. The van der Waals surface area contributed by atoms with E-state index in [1.165, 1.54) is 18.0 Å². The molecule has 0 amide bonds. The summed E-state index contributed by atoms with van der Waals surface area (Å²) in [6, 6.07) is 9.86. The summed E-state index contributed by atoms with van der Waals surface area (Å²) in [5.74, 6) is 0.0225. The van der Waals surface area contributed by atoms with Gasteiger partial charge in [-0.15, -0.1) is 0 Å². The van der Waals surface area contributed by atoms with Crippen molar-refractivity contribution in [1.82, 2.24) is 9.47 Å². The maximum absolute atomic E-state index is 13.1. The molecule has 0 radical (unpaired) electrons. The summed E-state index contributed by atoms with van der Waals surface area (Å²) < 4.78 is 7.36. The Bertz CT molecular complexity index is 1160. The number of likely N-dealkylation sites (N-methyl/N-ethyl adjacent to an activating group) is 1. The molecule has 1 aliphatic carbocycles. The molecule has 1 saturated carbocycles. The third kappa shape index (κ3) is 3.59. The van der Waals surface area contributed by atoms with Gasteiger partial charge in [0, 0.05) is 55.1 Å². The molecule has 5 rings (SSSR count). The van der Waals surface area contributed by atoms with Crippen LogP contribution in [0.15, 0.2) is 58.1 Å². The first-order valence-corrected chi connectivity index (χ1v) is 10.5. The van der Waals surface area contributed by atoms with Crippen LogP contribution in [0.25, 0.3) is 17.0 Å². The van der Waals surface area contributed by atoms with E-state index in [1.54, 1.807) is 18.2 Å². The van der Waals surface area contributed by atoms with Gasteiger partial charge in [-0.05, 0) is 62.4 Å². The molecule has 1 aliphatic heterocycles. The Morgan fingerprint density at radius 1 is 1.13 bits per heavy atom. The zero-order valence-electron chi connectivity index (χ0n) is 17.1. The van der Waals surface area contributed by atoms with Crippen LogP contribution in [0.1, 0.15) is 35.0 Å². The number of aromatic nitrogens is 1. The Balaban J connectivity index is 1.53. The van der Waals surface area contributed by atoms with Crippen molar-refractivity contribution >= 4 is 28.4 Å². The molecule has 154 valence electrons. The number of anilines is 1. The number of carbonyl (C=O) groups excluding carboxylic acids is 1. The van der Waals surface area contributed by atoms with E-state index in [1.807, 2.05) is 18.3 Å². The van der Waals surface area contributed by atoms with Crippen molar-refractivity contribution in [2.45, 2.75) is 18.9 Å². The van der Waals surface area contributed by atoms with Crippen LogP contribution in [0.3, 0.4) is 0 Å². The van der Waals surface area contributed by atoms with E-state index in [0.717, 1.165) is 44.5 Å². The van der Waals surface area contributed by atoms with Gasteiger partial charge < -0.3 is 18.8 Å². The number of benzene rings is 1. The number of allylic oxidation sites excluding steroid dienone is 1. The molecule has 0 atom stereocenters. The highest BCUT2D eigenvalue weighted by molar-refractivity contribution is 6.05. The fourth-order valence-electron chi connectivity index (χ4n) is 4.06. The molecule has 0 unspecified atom stereocenters. The minimum absolute atomic E-state index is 0.0460. The van der Waals surface area contributed by atoms with Crippen molar-refractivity contribution in [2.75, 3.05) is 38.1 Å². The Kier molecular flexibility index (Phi) is 4.79. The molecule has 3 aromatic rings. The van der Waals surface area contributed by atoms with E-state index < -0.39 is 0 Å². The third-order valence-electron chi connectivity index (χ3n) is 6.03. The van der Waals surface area contributed by atoms with E-state index in [9.17, 15) is 9.59 Å². The molecule has 0 spiro atoms. The fourth-order valence-corrected chi connectivity index (χ4v) is 4.06. The highest BCUT2D eigenvalue weighted by Crippen LogP contribution is 2.37. The summed E-state index contributed by atoms with van der Waals surface area (Å²) in [5, 5.41) is 0.701. The number of hydrogen-bond acceptors (Lipinski definition) is 5. The number of fused-ring (bicyclic) bond motifs is 1. The number of nitrogens with zero attached hydrogens (tertiary/aromatic N) is 3. The standard InChI is InChI=1S/C24H25N3O3/c1-25-10-12-26(13-11-25)19-7-8-20-21(15-19)27(18-5-6-18)16-17(24(20)29)4-9-22(28)23-3-2-14-30-23/h2-4,7-9,14-16,18H,5-6,10-13H2,1H3/b9-4+. The van der Waals surface area contributed by atoms with Gasteiger partial charge in [0.25, 0.3) is 0 Å². The fraction of sp³-hybridized carbons (Fsp3) is 0.333. The number of pyridine rings is 1. The van der Waals surface area contributed by atoms with Crippen LogP contribution in [0.4, 0.5) is 5.69 Å². The zero-order chi connectivity index (χ0) is 20.7. The van der Waals surface area contributed by atoms with Gasteiger partial charge in [-0.3, -0.25) is 9.59 Å². The minimum Gasteiger partial charge on any atom is -0.461 e. The largest absolute Gasteiger partial charge is 0.461 e. The molecule has 2 aromatic heterocycles. The minimum atomic E-state index is -0.247. The van der Waals surface area contributed by atoms with Gasteiger partial charge in [0.05, 0.1) is 11.8 Å². The van der Waals surface area contributed by atoms with Crippen molar-refractivity contribution < 1.29 is 9.21 Å². The topological polar surface area (TPSA) is 58.7 Å². The Hall–Kier alpha value is -3.12. The van der Waals surface area contributed by atoms with Crippen LogP contribution >= 0.6 is 0 Å². The second kappa shape index (κ2) is 7.61. The molecular weight excluding hydrogens is 378 g/mol. The van der Waals surface area contributed by atoms with Gasteiger partial charge in [0.15, 0.2) is 11.2 Å². The number of rotatable bonds is 5. The van der Waals surface area contributed by atoms with Gasteiger partial charge >= 0.3 is 0 Å². The van der Waals surface area contributed by atoms with E-state index in [4.69, 9.17) is 4.42 Å². The van der Waals surface area contributed by atoms with E-state index >= 15 is 0 Å². The highest BCUT2D eigenvalue weighted by atomic mass is 16.3. The molecule has 3 heterocycles. The quantitative estimate of drug-likeness (QED) is 0.481. The molecule has 2 aliphatic rings. The molecule has 6 nitrogen and oxygen atoms in total. The summed E-state index contributed by atoms with van der Waals surface area (Å²) in [6.45, 7) is 4.07. The van der Waals surface area contributed by atoms with Gasteiger partial charge in [-0.25, -0.2) is 0 Å². The number of carbonyl (C=O) groups is 1. The Labute approximate surface area is 175 Å². The first-order valence-electron chi connectivity index (χ1n) is 10.5. The van der Waals surface area contributed by atoms with Gasteiger partial charge in [-0.1, -0.05) is 0 Å². The molecule has 0 bridgehead atoms. The highest BCUT2D eigenvalue weighted by Gasteiger charge is 2.26. The summed E-state index contributed by atoms with van der Waals surface area (Å²) in [4.78, 5) is 30.1. The lowest BCUT2D eigenvalue weighted by atomic mass is 10.1. The maximum atomic E-state index is 13.1. The van der Waals surface area contributed by atoms with Crippen LogP contribution in [-0.2, 0) is 0 Å². The average Bonchev–Trinajstić information content (AvgIpc) is 3.46. The van der Waals surface area contributed by atoms with E-state index in [2.05, 4.69) is 27.5 Å². The molecule has 1 aromatic carbocycles. The van der Waals surface area contributed by atoms with Gasteiger partial charge in [0.1, 0.15) is 0 Å². The van der Waals surface area contributed by atoms with Crippen molar-refractivity contribution in [3.63, 3.8) is 0 Å². The molecule has 1 saturated heterocycles. The summed E-state index contributed by atoms with van der Waals surface area (Å²) in [5.41, 5.74) is 2.63. The van der Waals surface area contributed by atoms with Crippen LogP contribution in [-0.4, -0.2) is 48.5 Å². The SMILES string of the molecule is CN1CCN(c2ccc3c(=O)c(/C=C/C(=O)c4ccco4)cn(C4CC4)c3c2)CC1. The number of piperazine rings is 1. The van der Waals surface area contributed by atoms with Crippen molar-refractivity contribution in [2.24, 2.45) is 0 Å². The van der Waals surface area contributed by atoms with E-state index in [-0.39, 0.29) is 17.0 Å². The number of hydrogen-bond donors (Lipinski definition) is 0. The first-order chi connectivity index (χ1) is 14.6. The van der Waals surface area contributed by atoms with Crippen molar-refractivity contribution in [1.29, 1.82) is 0 Å². The normalized spacial score (nSPS) is 17.8. The van der Waals surface area contributed by atoms with Crippen LogP contribution in [0.5, 0.6) is 0 Å². The van der Waals surface area contributed by atoms with E-state index in [0.29, 0.717) is 17.0 Å². The lowest BCUT2D eigenvalue weighted by molar-refractivity contribution is 0.102. The predicted molar refractivity (Wildman–Crippen MR) is 118 cm³/mol. The average molecular weight is 403 g/mol. The lowest BCUT2D eigenvalue weighted by Gasteiger charge is -2.34. The number of ketones is 1. The third-order valence-corrected chi connectivity index (χ3v) is 6.03. The molecule has 2 fully saturated rings.